The van der Waals surface area contributed by atoms with Crippen molar-refractivity contribution >= 4 is 5.97 Å². The van der Waals surface area contributed by atoms with Crippen molar-refractivity contribution in [3.8, 4) is 5.75 Å². The smallest absolute Gasteiger partial charge is 0.327 e. The number of halogens is 1. The Balaban J connectivity index is 2.15. The van der Waals surface area contributed by atoms with Gasteiger partial charge in [0.15, 0.2) is 5.54 Å². The maximum absolute atomic E-state index is 13.3. The molecule has 1 saturated carbocycles. The molecule has 0 bridgehead atoms. The second-order valence-corrected chi connectivity index (χ2v) is 5.68. The van der Waals surface area contributed by atoms with Gasteiger partial charge >= 0.3 is 5.97 Å². The van der Waals surface area contributed by atoms with Gasteiger partial charge < -0.3 is 9.84 Å². The van der Waals surface area contributed by atoms with Gasteiger partial charge in [0.05, 0.1) is 0 Å². The highest BCUT2D eigenvalue weighted by atomic mass is 19.1. The van der Waals surface area contributed by atoms with Crippen LogP contribution in [0.15, 0.2) is 18.2 Å². The number of hydrogen-bond acceptors (Lipinski definition) is 3. The van der Waals surface area contributed by atoms with Gasteiger partial charge in [-0.15, -0.1) is 0 Å². The summed E-state index contributed by atoms with van der Waals surface area (Å²) in [7, 11) is 0. The Kier molecular flexibility index (Phi) is 4.83. The standard InChI is InChI=1S/C16H22FNO3/c1-3-8-18-16(15(19)20,12-5-6-12)10-21-14-9-13(17)7-4-11(14)2/h4,7,9,12,18H,3,5-6,8,10H2,1-2H3,(H,19,20). The van der Waals surface area contributed by atoms with Crippen molar-refractivity contribution in [2.75, 3.05) is 13.2 Å². The zero-order valence-electron chi connectivity index (χ0n) is 12.5. The normalized spacial score (nSPS) is 17.3. The lowest BCUT2D eigenvalue weighted by molar-refractivity contribution is -0.147. The minimum Gasteiger partial charge on any atom is -0.491 e. The summed E-state index contributed by atoms with van der Waals surface area (Å²) >= 11 is 0. The van der Waals surface area contributed by atoms with Gasteiger partial charge in [-0.25, -0.2) is 4.39 Å². The quantitative estimate of drug-likeness (QED) is 0.774. The highest BCUT2D eigenvalue weighted by Crippen LogP contribution is 2.40. The summed E-state index contributed by atoms with van der Waals surface area (Å²) in [6.45, 7) is 4.43. The molecule has 2 N–H and O–H groups in total. The number of aryl methyl sites for hydroxylation is 1. The van der Waals surface area contributed by atoms with Crippen LogP contribution in [0, 0.1) is 18.7 Å². The molecule has 0 amide bonds. The van der Waals surface area contributed by atoms with E-state index in [4.69, 9.17) is 4.74 Å². The third kappa shape index (κ3) is 3.53. The third-order valence-corrected chi connectivity index (χ3v) is 3.95. The Hall–Kier alpha value is -1.62. The molecule has 0 saturated heterocycles. The van der Waals surface area contributed by atoms with Gasteiger partial charge in [0.2, 0.25) is 0 Å². The van der Waals surface area contributed by atoms with Crippen molar-refractivity contribution in [3.05, 3.63) is 29.6 Å². The first-order chi connectivity index (χ1) is 9.99. The SMILES string of the molecule is CCCNC(COc1cc(F)ccc1C)(C(=O)O)C1CC1. The summed E-state index contributed by atoms with van der Waals surface area (Å²) in [6.07, 6.45) is 2.61. The molecule has 1 aromatic rings. The first-order valence-electron chi connectivity index (χ1n) is 7.37. The van der Waals surface area contributed by atoms with Crippen LogP contribution in [0.4, 0.5) is 4.39 Å². The van der Waals surface area contributed by atoms with Crippen LogP contribution in [0.2, 0.25) is 0 Å². The Morgan fingerprint density at radius 3 is 2.81 bits per heavy atom. The van der Waals surface area contributed by atoms with E-state index in [0.717, 1.165) is 24.8 Å². The molecular formula is C16H22FNO3. The molecule has 1 fully saturated rings. The van der Waals surface area contributed by atoms with Gasteiger partial charge in [-0.3, -0.25) is 10.1 Å². The molecule has 1 aliphatic rings. The van der Waals surface area contributed by atoms with Crippen LogP contribution in [0.1, 0.15) is 31.7 Å². The number of carboxylic acids is 1. The number of nitrogens with one attached hydrogen (secondary N) is 1. The van der Waals surface area contributed by atoms with Crippen molar-refractivity contribution in [2.24, 2.45) is 5.92 Å². The summed E-state index contributed by atoms with van der Waals surface area (Å²) < 4.78 is 18.9. The number of carbonyl (C=O) groups is 1. The molecule has 116 valence electrons. The third-order valence-electron chi connectivity index (χ3n) is 3.95. The zero-order chi connectivity index (χ0) is 15.5. The van der Waals surface area contributed by atoms with E-state index in [1.165, 1.54) is 12.1 Å². The molecule has 1 aromatic carbocycles. The van der Waals surface area contributed by atoms with E-state index < -0.39 is 11.5 Å². The number of carboxylic acid groups (broad SMARTS) is 1. The lowest BCUT2D eigenvalue weighted by Gasteiger charge is -2.31. The van der Waals surface area contributed by atoms with E-state index in [2.05, 4.69) is 5.32 Å². The second-order valence-electron chi connectivity index (χ2n) is 5.68. The molecule has 1 atom stereocenters. The lowest BCUT2D eigenvalue weighted by Crippen LogP contribution is -2.58. The molecular weight excluding hydrogens is 273 g/mol. The zero-order valence-corrected chi connectivity index (χ0v) is 12.5. The van der Waals surface area contributed by atoms with Crippen molar-refractivity contribution in [1.82, 2.24) is 5.32 Å². The number of aliphatic carboxylic acids is 1. The maximum atomic E-state index is 13.3. The highest BCUT2D eigenvalue weighted by molar-refractivity contribution is 5.80. The van der Waals surface area contributed by atoms with Gasteiger partial charge in [-0.1, -0.05) is 13.0 Å². The maximum Gasteiger partial charge on any atom is 0.327 e. The first-order valence-corrected chi connectivity index (χ1v) is 7.37. The fourth-order valence-electron chi connectivity index (χ4n) is 2.47. The number of benzene rings is 1. The summed E-state index contributed by atoms with van der Waals surface area (Å²) in [5.41, 5.74) is -0.281. The van der Waals surface area contributed by atoms with Crippen LogP contribution in [-0.2, 0) is 4.79 Å². The summed E-state index contributed by atoms with van der Waals surface area (Å²) in [4.78, 5) is 11.8. The predicted molar refractivity (Wildman–Crippen MR) is 78.0 cm³/mol. The Labute approximate surface area is 124 Å². The van der Waals surface area contributed by atoms with Gasteiger partial charge in [-0.2, -0.15) is 0 Å². The average Bonchev–Trinajstić information content (AvgIpc) is 3.27. The molecule has 0 aliphatic heterocycles. The molecule has 21 heavy (non-hydrogen) atoms. The molecule has 2 rings (SSSR count). The predicted octanol–water partition coefficient (Wildman–Crippen LogP) is 2.75. The topological polar surface area (TPSA) is 58.6 Å². The van der Waals surface area contributed by atoms with Crippen LogP contribution >= 0.6 is 0 Å². The van der Waals surface area contributed by atoms with Crippen molar-refractivity contribution in [1.29, 1.82) is 0 Å². The highest BCUT2D eigenvalue weighted by Gasteiger charge is 2.51. The van der Waals surface area contributed by atoms with Crippen LogP contribution in [0.25, 0.3) is 0 Å². The van der Waals surface area contributed by atoms with Gasteiger partial charge in [0.25, 0.3) is 0 Å². The van der Waals surface area contributed by atoms with Crippen molar-refractivity contribution in [2.45, 2.75) is 38.6 Å². The summed E-state index contributed by atoms with van der Waals surface area (Å²) in [5.74, 6) is -0.799. The Bertz CT molecular complexity index is 516. The summed E-state index contributed by atoms with van der Waals surface area (Å²) in [6, 6.07) is 4.29. The fraction of sp³-hybridized carbons (Fsp3) is 0.562. The van der Waals surface area contributed by atoms with E-state index in [1.54, 1.807) is 6.07 Å². The average molecular weight is 295 g/mol. The van der Waals surface area contributed by atoms with Crippen LogP contribution < -0.4 is 10.1 Å². The van der Waals surface area contributed by atoms with E-state index in [0.29, 0.717) is 12.3 Å². The fourth-order valence-corrected chi connectivity index (χ4v) is 2.47. The Morgan fingerprint density at radius 1 is 1.52 bits per heavy atom. The molecule has 0 heterocycles. The van der Waals surface area contributed by atoms with E-state index in [-0.39, 0.29) is 18.3 Å². The second kappa shape index (κ2) is 6.43. The van der Waals surface area contributed by atoms with Gasteiger partial charge in [0.1, 0.15) is 18.2 Å². The van der Waals surface area contributed by atoms with Crippen LogP contribution in [0.3, 0.4) is 0 Å². The van der Waals surface area contributed by atoms with Crippen LogP contribution in [0.5, 0.6) is 5.75 Å². The first kappa shape index (κ1) is 15.8. The van der Waals surface area contributed by atoms with Crippen molar-refractivity contribution < 1.29 is 19.0 Å². The largest absolute Gasteiger partial charge is 0.491 e. The molecule has 5 heteroatoms. The Morgan fingerprint density at radius 2 is 2.24 bits per heavy atom. The van der Waals surface area contributed by atoms with Crippen molar-refractivity contribution in [3.63, 3.8) is 0 Å². The molecule has 0 aromatic heterocycles. The monoisotopic (exact) mass is 295 g/mol. The van der Waals surface area contributed by atoms with Crippen LogP contribution in [-0.4, -0.2) is 29.8 Å². The molecule has 1 aliphatic carbocycles. The lowest BCUT2D eigenvalue weighted by atomic mass is 9.94. The van der Waals surface area contributed by atoms with E-state index >= 15 is 0 Å². The molecule has 4 nitrogen and oxygen atoms in total. The molecule has 1 unspecified atom stereocenters. The number of hydrogen-bond donors (Lipinski definition) is 2. The van der Waals surface area contributed by atoms with E-state index in [9.17, 15) is 14.3 Å². The van der Waals surface area contributed by atoms with Gasteiger partial charge in [0, 0.05) is 6.07 Å². The minimum absolute atomic E-state index is 0.0112. The minimum atomic E-state index is -1.07. The van der Waals surface area contributed by atoms with Gasteiger partial charge in [-0.05, 0) is 50.3 Å². The molecule has 0 radical (unpaired) electrons. The summed E-state index contributed by atoms with van der Waals surface area (Å²) in [5, 5.41) is 12.8. The number of rotatable bonds is 8. The van der Waals surface area contributed by atoms with E-state index in [1.807, 2.05) is 13.8 Å². The number of ether oxygens (including phenoxy) is 1. The molecule has 0 spiro atoms.